The Morgan fingerprint density at radius 2 is 1.71 bits per heavy atom. The van der Waals surface area contributed by atoms with Crippen LogP contribution in [0, 0.1) is 0 Å². The molecule has 4 rings (SSSR count). The molecule has 1 aliphatic heterocycles. The van der Waals surface area contributed by atoms with Crippen molar-refractivity contribution < 1.29 is 31.1 Å². The summed E-state index contributed by atoms with van der Waals surface area (Å²) in [5.41, 5.74) is 3.13. The van der Waals surface area contributed by atoms with Crippen LogP contribution < -0.4 is 10.1 Å². The predicted octanol–water partition coefficient (Wildman–Crippen LogP) is 5.88. The average molecular weight is 608 g/mol. The van der Waals surface area contributed by atoms with Gasteiger partial charge in [-0.25, -0.2) is 8.42 Å². The summed E-state index contributed by atoms with van der Waals surface area (Å²) in [6.07, 6.45) is -0.665. The minimum absolute atomic E-state index is 0.0262. The van der Waals surface area contributed by atoms with Gasteiger partial charge in [-0.05, 0) is 71.8 Å². The van der Waals surface area contributed by atoms with Crippen LogP contribution in [0.5, 0.6) is 5.75 Å². The number of halogens is 3. The summed E-state index contributed by atoms with van der Waals surface area (Å²) < 4.78 is 70.0. The number of ether oxygens (including phenoxy) is 1. The number of nitrogens with one attached hydrogen (secondary N) is 1. The molecule has 2 atom stereocenters. The number of alkyl halides is 3. The van der Waals surface area contributed by atoms with Crippen LogP contribution in [0.25, 0.3) is 0 Å². The second kappa shape index (κ2) is 13.3. The molecule has 0 unspecified atom stereocenters. The third-order valence-corrected chi connectivity index (χ3v) is 10.1. The van der Waals surface area contributed by atoms with Crippen molar-refractivity contribution in [3.63, 3.8) is 0 Å². The molecule has 1 aliphatic rings. The van der Waals surface area contributed by atoms with Gasteiger partial charge >= 0.3 is 6.36 Å². The molecule has 1 N–H and O–H groups in total. The number of pyridine rings is 1. The van der Waals surface area contributed by atoms with E-state index in [1.54, 1.807) is 24.2 Å². The van der Waals surface area contributed by atoms with Gasteiger partial charge in [0.15, 0.2) is 0 Å². The Kier molecular flexibility index (Phi) is 9.98. The number of carbonyl (C=O) groups excluding carboxylic acids is 1. The molecule has 7 nitrogen and oxygen atoms in total. The van der Waals surface area contributed by atoms with Crippen LogP contribution in [0.1, 0.15) is 49.3 Å². The summed E-state index contributed by atoms with van der Waals surface area (Å²) in [5, 5.41) is 2.92. The van der Waals surface area contributed by atoms with Gasteiger partial charge in [0.1, 0.15) is 11.8 Å². The molecule has 1 amide bonds. The molecule has 12 heteroatoms. The number of benzene rings is 2. The fourth-order valence-corrected chi connectivity index (χ4v) is 7.38. The summed E-state index contributed by atoms with van der Waals surface area (Å²) in [6.45, 7) is 4.52. The van der Waals surface area contributed by atoms with Gasteiger partial charge in [-0.2, -0.15) is 16.1 Å². The van der Waals surface area contributed by atoms with E-state index in [4.69, 9.17) is 0 Å². The Balaban J connectivity index is 1.51. The lowest BCUT2D eigenvalue weighted by Gasteiger charge is -2.37. The Hall–Kier alpha value is -3.09. The summed E-state index contributed by atoms with van der Waals surface area (Å²) in [5.74, 6) is 0.112. The quantitative estimate of drug-likeness (QED) is 0.310. The molecule has 1 fully saturated rings. The number of rotatable bonds is 10. The number of amides is 1. The van der Waals surface area contributed by atoms with E-state index < -0.39 is 34.1 Å². The highest BCUT2D eigenvalue weighted by Crippen LogP contribution is 2.34. The monoisotopic (exact) mass is 607 g/mol. The highest BCUT2D eigenvalue weighted by atomic mass is 32.2. The fourth-order valence-electron chi connectivity index (χ4n) is 4.56. The van der Waals surface area contributed by atoms with Crippen LogP contribution in [0.15, 0.2) is 78.0 Å². The zero-order chi connectivity index (χ0) is 29.6. The number of thioether (sulfide) groups is 1. The van der Waals surface area contributed by atoms with Gasteiger partial charge in [-0.1, -0.05) is 38.1 Å². The van der Waals surface area contributed by atoms with Crippen LogP contribution in [-0.4, -0.2) is 47.8 Å². The first kappa shape index (κ1) is 30.9. The highest BCUT2D eigenvalue weighted by Gasteiger charge is 2.41. The zero-order valence-corrected chi connectivity index (χ0v) is 24.3. The van der Waals surface area contributed by atoms with Gasteiger partial charge in [0.25, 0.3) is 0 Å². The predicted molar refractivity (Wildman–Crippen MR) is 152 cm³/mol. The lowest BCUT2D eigenvalue weighted by Crippen LogP contribution is -2.54. The minimum Gasteiger partial charge on any atom is -0.406 e. The van der Waals surface area contributed by atoms with Crippen LogP contribution in [0.3, 0.4) is 0 Å². The van der Waals surface area contributed by atoms with E-state index in [-0.39, 0.29) is 23.2 Å². The third kappa shape index (κ3) is 8.46. The molecule has 0 spiro atoms. The molecule has 2 heterocycles. The second-order valence-corrected chi connectivity index (χ2v) is 13.3. The lowest BCUT2D eigenvalue weighted by atomic mass is 10.0. The van der Waals surface area contributed by atoms with Gasteiger partial charge < -0.3 is 10.1 Å². The molecule has 220 valence electrons. The number of hydrogen-bond donors (Lipinski definition) is 1. The maximum atomic E-state index is 13.6. The number of aromatic nitrogens is 1. The Morgan fingerprint density at radius 1 is 1.05 bits per heavy atom. The van der Waals surface area contributed by atoms with Crippen molar-refractivity contribution in [1.82, 2.24) is 14.6 Å². The van der Waals surface area contributed by atoms with Crippen LogP contribution in [0.2, 0.25) is 0 Å². The summed E-state index contributed by atoms with van der Waals surface area (Å²) in [7, 11) is -4.19. The van der Waals surface area contributed by atoms with E-state index in [1.807, 2.05) is 36.4 Å². The van der Waals surface area contributed by atoms with E-state index in [2.05, 4.69) is 28.9 Å². The maximum Gasteiger partial charge on any atom is 0.573 e. The molecule has 41 heavy (non-hydrogen) atoms. The van der Waals surface area contributed by atoms with Crippen molar-refractivity contribution in [2.75, 3.05) is 6.54 Å². The van der Waals surface area contributed by atoms with Crippen molar-refractivity contribution in [3.8, 4) is 5.75 Å². The highest BCUT2D eigenvalue weighted by molar-refractivity contribution is 7.99. The number of hydrogen-bond acceptors (Lipinski definition) is 6. The van der Waals surface area contributed by atoms with Crippen molar-refractivity contribution in [2.45, 2.75) is 67.5 Å². The van der Waals surface area contributed by atoms with Crippen LogP contribution in [-0.2, 0) is 27.1 Å². The maximum absolute atomic E-state index is 13.6. The number of nitrogens with zero attached hydrogens (tertiary/aromatic N) is 2. The van der Waals surface area contributed by atoms with Gasteiger partial charge in [0.2, 0.25) is 15.9 Å². The zero-order valence-electron chi connectivity index (χ0n) is 22.7. The lowest BCUT2D eigenvalue weighted by molar-refractivity contribution is -0.274. The number of carbonyl (C=O) groups is 1. The fraction of sp³-hybridized carbons (Fsp3) is 0.379. The summed E-state index contributed by atoms with van der Waals surface area (Å²) in [4.78, 5) is 17.3. The van der Waals surface area contributed by atoms with Crippen molar-refractivity contribution in [1.29, 1.82) is 0 Å². The molecule has 0 radical (unpaired) electrons. The van der Waals surface area contributed by atoms with Crippen LogP contribution in [0.4, 0.5) is 13.2 Å². The molecular formula is C29H32F3N3O4S2. The normalized spacial score (nSPS) is 18.3. The first-order valence-corrected chi connectivity index (χ1v) is 15.7. The Labute approximate surface area is 242 Å². The Bertz CT molecular complexity index is 1400. The average Bonchev–Trinajstić information content (AvgIpc) is 2.95. The van der Waals surface area contributed by atoms with Crippen molar-refractivity contribution in [2.24, 2.45) is 0 Å². The molecule has 0 bridgehead atoms. The number of sulfonamides is 1. The van der Waals surface area contributed by atoms with E-state index in [9.17, 15) is 26.4 Å². The smallest absolute Gasteiger partial charge is 0.406 e. The SMILES string of the molecule is CC(C)c1ccc(CNC(=O)[C@H]2C[C@H](SCc3ccncc3)CCN2S(=O)(=O)c2ccc(OC(F)(F)F)cc2)cc1. The first-order chi connectivity index (χ1) is 19.4. The molecule has 3 aromatic rings. The van der Waals surface area contributed by atoms with E-state index in [0.29, 0.717) is 24.5 Å². The van der Waals surface area contributed by atoms with E-state index in [0.717, 1.165) is 39.7 Å². The molecule has 2 aromatic carbocycles. The van der Waals surface area contributed by atoms with Gasteiger partial charge in [-0.3, -0.25) is 9.78 Å². The topological polar surface area (TPSA) is 88.6 Å². The van der Waals surface area contributed by atoms with Crippen molar-refractivity contribution in [3.05, 3.63) is 89.7 Å². The summed E-state index contributed by atoms with van der Waals surface area (Å²) >= 11 is 1.65. The molecule has 1 saturated heterocycles. The van der Waals surface area contributed by atoms with E-state index in [1.165, 1.54) is 5.56 Å². The van der Waals surface area contributed by atoms with Gasteiger partial charge in [-0.15, -0.1) is 13.2 Å². The van der Waals surface area contributed by atoms with Crippen molar-refractivity contribution >= 4 is 27.7 Å². The molecule has 1 aromatic heterocycles. The Morgan fingerprint density at radius 3 is 2.32 bits per heavy atom. The standard InChI is InChI=1S/C29H32F3N3O4S2/c1-20(2)23-5-3-21(4-6-23)18-34-28(36)27-17-25(40-19-22-11-14-33-15-12-22)13-16-35(27)41(37,38)26-9-7-24(8-10-26)39-29(30,31)32/h3-12,14-15,20,25,27H,13,16-19H2,1-2H3,(H,34,36)/t25-,27-/m1/s1. The third-order valence-electron chi connectivity index (χ3n) is 6.82. The molecular weight excluding hydrogens is 575 g/mol. The summed E-state index contributed by atoms with van der Waals surface area (Å²) in [6, 6.07) is 14.7. The molecule has 0 saturated carbocycles. The number of piperidine rings is 1. The van der Waals surface area contributed by atoms with E-state index >= 15 is 0 Å². The van der Waals surface area contributed by atoms with Crippen LogP contribution >= 0.6 is 11.8 Å². The second-order valence-electron chi connectivity index (χ2n) is 10.1. The minimum atomic E-state index is -4.89. The molecule has 0 aliphatic carbocycles. The largest absolute Gasteiger partial charge is 0.573 e. The first-order valence-electron chi connectivity index (χ1n) is 13.2. The van der Waals surface area contributed by atoms with Gasteiger partial charge in [0.05, 0.1) is 4.90 Å². The van der Waals surface area contributed by atoms with Gasteiger partial charge in [0, 0.05) is 36.5 Å².